The van der Waals surface area contributed by atoms with E-state index in [1.807, 2.05) is 0 Å². The molecule has 1 heterocycles. The fourth-order valence-electron chi connectivity index (χ4n) is 1.83. The van der Waals surface area contributed by atoms with Crippen LogP contribution in [0.2, 0.25) is 5.02 Å². The van der Waals surface area contributed by atoms with Crippen LogP contribution in [0.5, 0.6) is 0 Å². The Labute approximate surface area is 121 Å². The van der Waals surface area contributed by atoms with Gasteiger partial charge in [0.2, 0.25) is 11.8 Å². The van der Waals surface area contributed by atoms with Crippen LogP contribution < -0.4 is 10.2 Å². The summed E-state index contributed by atoms with van der Waals surface area (Å²) in [7, 11) is 0. The minimum Gasteiger partial charge on any atom is -0.277 e. The summed E-state index contributed by atoms with van der Waals surface area (Å²) in [5, 5.41) is 2.67. The van der Waals surface area contributed by atoms with Crippen LogP contribution in [0, 0.1) is 5.41 Å². The van der Waals surface area contributed by atoms with Gasteiger partial charge in [0, 0.05) is 10.4 Å². The summed E-state index contributed by atoms with van der Waals surface area (Å²) in [5.41, 5.74) is 0.440. The molecule has 4 amide bonds. The molecule has 0 aromatic heterocycles. The summed E-state index contributed by atoms with van der Waals surface area (Å²) in [4.78, 5) is 36.8. The number of imide groups is 2. The summed E-state index contributed by atoms with van der Waals surface area (Å²) in [5.74, 6) is -0.813. The van der Waals surface area contributed by atoms with Crippen LogP contribution in [0.4, 0.5) is 10.5 Å². The van der Waals surface area contributed by atoms with Crippen molar-refractivity contribution in [2.24, 2.45) is 5.41 Å². The van der Waals surface area contributed by atoms with Crippen molar-refractivity contribution >= 4 is 35.1 Å². The molecule has 0 unspecified atom stereocenters. The Kier molecular flexibility index (Phi) is 3.56. The monoisotopic (exact) mass is 294 g/mol. The van der Waals surface area contributed by atoms with E-state index in [1.165, 1.54) is 0 Å². The molecule has 1 aromatic rings. The number of hydrogen-bond acceptors (Lipinski definition) is 3. The molecule has 1 aliphatic rings. The first-order chi connectivity index (χ1) is 9.20. The van der Waals surface area contributed by atoms with Crippen LogP contribution in [-0.4, -0.2) is 17.8 Å². The van der Waals surface area contributed by atoms with Gasteiger partial charge < -0.3 is 0 Å². The molecule has 0 radical (unpaired) electrons. The van der Waals surface area contributed by atoms with Crippen molar-refractivity contribution in [3.63, 3.8) is 0 Å². The number of benzene rings is 1. The van der Waals surface area contributed by atoms with Crippen molar-refractivity contribution in [3.05, 3.63) is 28.8 Å². The Balaban J connectivity index is 2.26. The fourth-order valence-corrected chi connectivity index (χ4v) is 2.00. The smallest absolute Gasteiger partial charge is 0.277 e. The highest BCUT2D eigenvalue weighted by Crippen LogP contribution is 2.31. The van der Waals surface area contributed by atoms with Gasteiger partial charge in [-0.3, -0.25) is 14.9 Å². The zero-order valence-corrected chi connectivity index (χ0v) is 12.2. The normalized spacial score (nSPS) is 14.2. The maximum absolute atomic E-state index is 12.1. The third kappa shape index (κ3) is 2.67. The van der Waals surface area contributed by atoms with E-state index in [1.54, 1.807) is 39.0 Å². The molecule has 1 N–H and O–H groups in total. The SMILES string of the molecule is CC(C)(C)C(=O)NC(=O)N1C(=O)Cc2ccc(Cl)cc21. The molecular weight excluding hydrogens is 280 g/mol. The number of rotatable bonds is 0. The highest BCUT2D eigenvalue weighted by molar-refractivity contribution is 6.31. The molecule has 0 atom stereocenters. The minimum absolute atomic E-state index is 0.129. The lowest BCUT2D eigenvalue weighted by molar-refractivity contribution is -0.127. The molecule has 20 heavy (non-hydrogen) atoms. The van der Waals surface area contributed by atoms with Crippen molar-refractivity contribution in [1.82, 2.24) is 5.32 Å². The molecule has 0 spiro atoms. The summed E-state index contributed by atoms with van der Waals surface area (Å²) >= 11 is 5.88. The first-order valence-corrected chi connectivity index (χ1v) is 6.55. The number of nitrogens with one attached hydrogen (secondary N) is 1. The Hall–Kier alpha value is -1.88. The molecule has 0 bridgehead atoms. The number of nitrogens with zero attached hydrogens (tertiary/aromatic N) is 1. The molecule has 0 saturated carbocycles. The predicted octanol–water partition coefficient (Wildman–Crippen LogP) is 2.51. The predicted molar refractivity (Wildman–Crippen MR) is 75.6 cm³/mol. The number of carbonyl (C=O) groups is 3. The minimum atomic E-state index is -0.740. The molecule has 2 rings (SSSR count). The molecule has 5 nitrogen and oxygen atoms in total. The van der Waals surface area contributed by atoms with Gasteiger partial charge in [-0.2, -0.15) is 0 Å². The van der Waals surface area contributed by atoms with E-state index in [4.69, 9.17) is 11.6 Å². The Morgan fingerprint density at radius 1 is 1.30 bits per heavy atom. The van der Waals surface area contributed by atoms with Crippen molar-refractivity contribution in [1.29, 1.82) is 0 Å². The standard InChI is InChI=1S/C14H15ClN2O3/c1-14(2,3)12(19)16-13(20)17-10-7-9(15)5-4-8(10)6-11(17)18/h4-5,7H,6H2,1-3H3,(H,16,19,20). The van der Waals surface area contributed by atoms with Crippen molar-refractivity contribution in [2.45, 2.75) is 27.2 Å². The lowest BCUT2D eigenvalue weighted by atomic mass is 9.96. The zero-order chi connectivity index (χ0) is 15.1. The van der Waals surface area contributed by atoms with Crippen LogP contribution in [0.3, 0.4) is 0 Å². The highest BCUT2D eigenvalue weighted by Gasteiger charge is 2.34. The van der Waals surface area contributed by atoms with Crippen molar-refractivity contribution < 1.29 is 14.4 Å². The third-order valence-corrected chi connectivity index (χ3v) is 3.22. The van der Waals surface area contributed by atoms with Crippen molar-refractivity contribution in [2.75, 3.05) is 4.90 Å². The zero-order valence-electron chi connectivity index (χ0n) is 11.5. The molecule has 1 aromatic carbocycles. The van der Waals surface area contributed by atoms with Crippen molar-refractivity contribution in [3.8, 4) is 0 Å². The topological polar surface area (TPSA) is 66.5 Å². The lowest BCUT2D eigenvalue weighted by Crippen LogP contribution is -2.48. The molecular formula is C14H15ClN2O3. The maximum Gasteiger partial charge on any atom is 0.335 e. The van der Waals surface area contributed by atoms with Gasteiger partial charge in [-0.25, -0.2) is 9.69 Å². The van der Waals surface area contributed by atoms with E-state index in [9.17, 15) is 14.4 Å². The van der Waals surface area contributed by atoms with Crippen LogP contribution >= 0.6 is 11.6 Å². The van der Waals surface area contributed by atoms with Gasteiger partial charge in [0.05, 0.1) is 12.1 Å². The van der Waals surface area contributed by atoms with E-state index in [-0.39, 0.29) is 12.3 Å². The molecule has 0 aliphatic carbocycles. The molecule has 6 heteroatoms. The van der Waals surface area contributed by atoms with E-state index in [0.717, 1.165) is 10.5 Å². The van der Waals surface area contributed by atoms with Gasteiger partial charge in [0.15, 0.2) is 0 Å². The van der Waals surface area contributed by atoms with Crippen LogP contribution in [0.15, 0.2) is 18.2 Å². The summed E-state index contributed by atoms with van der Waals surface area (Å²) < 4.78 is 0. The Morgan fingerprint density at radius 3 is 2.55 bits per heavy atom. The van der Waals surface area contributed by atoms with E-state index in [2.05, 4.69) is 5.32 Å². The largest absolute Gasteiger partial charge is 0.335 e. The van der Waals surface area contributed by atoms with Crippen LogP contribution in [-0.2, 0) is 16.0 Å². The summed E-state index contributed by atoms with van der Waals surface area (Å²) in [6.07, 6.45) is 0.129. The van der Waals surface area contributed by atoms with E-state index in [0.29, 0.717) is 10.7 Å². The number of fused-ring (bicyclic) bond motifs is 1. The number of carbonyl (C=O) groups excluding carboxylic acids is 3. The number of hydrogen-bond donors (Lipinski definition) is 1. The van der Waals surface area contributed by atoms with Gasteiger partial charge in [-0.1, -0.05) is 38.4 Å². The maximum atomic E-state index is 12.1. The first kappa shape index (κ1) is 14.5. The number of halogens is 1. The van der Waals surface area contributed by atoms with Gasteiger partial charge in [-0.05, 0) is 17.7 Å². The number of amides is 4. The van der Waals surface area contributed by atoms with Gasteiger partial charge >= 0.3 is 6.03 Å². The van der Waals surface area contributed by atoms with E-state index >= 15 is 0 Å². The summed E-state index contributed by atoms with van der Waals surface area (Å²) in [6, 6.07) is 4.17. The van der Waals surface area contributed by atoms with E-state index < -0.39 is 17.4 Å². The second-order valence-corrected chi connectivity index (χ2v) is 6.12. The lowest BCUT2D eigenvalue weighted by Gasteiger charge is -2.20. The second kappa shape index (κ2) is 4.90. The quantitative estimate of drug-likeness (QED) is 0.799. The third-order valence-electron chi connectivity index (χ3n) is 2.98. The fraction of sp³-hybridized carbons (Fsp3) is 0.357. The average Bonchev–Trinajstić information content (AvgIpc) is 2.63. The average molecular weight is 295 g/mol. The highest BCUT2D eigenvalue weighted by atomic mass is 35.5. The van der Waals surface area contributed by atoms with Gasteiger partial charge in [0.25, 0.3) is 0 Å². The van der Waals surface area contributed by atoms with Gasteiger partial charge in [-0.15, -0.1) is 0 Å². The Bertz CT molecular complexity index is 605. The Morgan fingerprint density at radius 2 is 1.95 bits per heavy atom. The molecule has 106 valence electrons. The van der Waals surface area contributed by atoms with Crippen LogP contribution in [0.25, 0.3) is 0 Å². The first-order valence-electron chi connectivity index (χ1n) is 6.17. The molecule has 0 fully saturated rings. The summed E-state index contributed by atoms with van der Waals surface area (Å²) in [6.45, 7) is 5.06. The second-order valence-electron chi connectivity index (χ2n) is 5.69. The molecule has 1 aliphatic heterocycles. The van der Waals surface area contributed by atoms with Crippen LogP contribution in [0.1, 0.15) is 26.3 Å². The molecule has 0 saturated heterocycles. The number of anilines is 1. The number of urea groups is 1. The van der Waals surface area contributed by atoms with Gasteiger partial charge in [0.1, 0.15) is 0 Å².